The van der Waals surface area contributed by atoms with E-state index in [0.29, 0.717) is 0 Å². The average molecular weight is 270 g/mol. The lowest BCUT2D eigenvalue weighted by Crippen LogP contribution is -2.08. The molecule has 1 atom stereocenters. The molecule has 0 spiro atoms. The fraction of sp³-hybridized carbons (Fsp3) is 0. The van der Waals surface area contributed by atoms with Crippen molar-refractivity contribution >= 4 is 12.9 Å². The number of halogens is 2. The van der Waals surface area contributed by atoms with Crippen molar-refractivity contribution < 1.29 is 22.8 Å². The van der Waals surface area contributed by atoms with Gasteiger partial charge in [0.15, 0.2) is 11.6 Å². The lowest BCUT2D eigenvalue weighted by Gasteiger charge is -2.13. The van der Waals surface area contributed by atoms with E-state index >= 15 is 0 Å². The molecule has 2 rings (SSSR count). The molecule has 1 N–H and O–H groups in total. The molecular formula is C12H9F2O3P. The summed E-state index contributed by atoms with van der Waals surface area (Å²) in [7, 11) is -4.09. The molecule has 0 saturated heterocycles. The molecular weight excluding hydrogens is 261 g/mol. The molecule has 0 fully saturated rings. The van der Waals surface area contributed by atoms with Gasteiger partial charge in [-0.25, -0.2) is 13.3 Å². The molecule has 6 heteroatoms. The minimum absolute atomic E-state index is 0.0785. The molecule has 0 amide bonds. The summed E-state index contributed by atoms with van der Waals surface area (Å²) in [6.45, 7) is 0. The Labute approximate surface area is 102 Å². The average Bonchev–Trinajstić information content (AvgIpc) is 2.35. The molecule has 0 aromatic heterocycles. The summed E-state index contributed by atoms with van der Waals surface area (Å²) >= 11 is 0. The molecule has 0 saturated carbocycles. The Morgan fingerprint density at radius 2 is 1.67 bits per heavy atom. The van der Waals surface area contributed by atoms with Crippen molar-refractivity contribution in [2.75, 3.05) is 0 Å². The molecule has 2 aromatic carbocycles. The fourth-order valence-corrected chi connectivity index (χ4v) is 2.40. The molecule has 0 radical (unpaired) electrons. The lowest BCUT2D eigenvalue weighted by molar-refractivity contribution is 0.391. The van der Waals surface area contributed by atoms with Crippen molar-refractivity contribution in [2.24, 2.45) is 0 Å². The summed E-state index contributed by atoms with van der Waals surface area (Å²) in [6.07, 6.45) is 0. The van der Waals surface area contributed by atoms with Gasteiger partial charge in [0, 0.05) is 6.07 Å². The van der Waals surface area contributed by atoms with Gasteiger partial charge in [-0.15, -0.1) is 0 Å². The van der Waals surface area contributed by atoms with Crippen molar-refractivity contribution in [2.45, 2.75) is 0 Å². The summed E-state index contributed by atoms with van der Waals surface area (Å²) in [5, 5.41) is 0.0785. The standard InChI is InChI=1S/C12H9F2O3P/c13-11-7-6-9(8-12(11)14)17-18(15,16)10-4-2-1-3-5-10/h1-8H,(H,15,16). The van der Waals surface area contributed by atoms with Gasteiger partial charge in [-0.05, 0) is 24.3 Å². The molecule has 18 heavy (non-hydrogen) atoms. The normalized spacial score (nSPS) is 13.9. The van der Waals surface area contributed by atoms with E-state index in [1.54, 1.807) is 18.2 Å². The molecule has 0 bridgehead atoms. The van der Waals surface area contributed by atoms with Crippen LogP contribution >= 0.6 is 7.60 Å². The quantitative estimate of drug-likeness (QED) is 0.872. The van der Waals surface area contributed by atoms with Crippen LogP contribution in [0.2, 0.25) is 0 Å². The first kappa shape index (κ1) is 12.7. The Bertz CT molecular complexity index is 602. The molecule has 1 unspecified atom stereocenters. The number of hydrogen-bond acceptors (Lipinski definition) is 2. The van der Waals surface area contributed by atoms with Gasteiger partial charge in [0.1, 0.15) is 5.75 Å². The van der Waals surface area contributed by atoms with Gasteiger partial charge < -0.3 is 9.42 Å². The minimum Gasteiger partial charge on any atom is -0.421 e. The smallest absolute Gasteiger partial charge is 0.408 e. The van der Waals surface area contributed by atoms with E-state index in [0.717, 1.165) is 18.2 Å². The van der Waals surface area contributed by atoms with E-state index in [2.05, 4.69) is 0 Å². The monoisotopic (exact) mass is 270 g/mol. The van der Waals surface area contributed by atoms with Gasteiger partial charge in [0.05, 0.1) is 5.30 Å². The van der Waals surface area contributed by atoms with Crippen LogP contribution in [-0.4, -0.2) is 4.89 Å². The topological polar surface area (TPSA) is 46.5 Å². The van der Waals surface area contributed by atoms with Crippen LogP contribution in [0, 0.1) is 11.6 Å². The van der Waals surface area contributed by atoms with Crippen LogP contribution < -0.4 is 9.83 Å². The molecule has 3 nitrogen and oxygen atoms in total. The maximum atomic E-state index is 12.9. The predicted molar refractivity (Wildman–Crippen MR) is 62.9 cm³/mol. The van der Waals surface area contributed by atoms with Crippen LogP contribution in [-0.2, 0) is 4.57 Å². The largest absolute Gasteiger partial charge is 0.421 e. The van der Waals surface area contributed by atoms with E-state index in [9.17, 15) is 18.2 Å². The lowest BCUT2D eigenvalue weighted by atomic mass is 10.3. The van der Waals surface area contributed by atoms with E-state index < -0.39 is 19.2 Å². The zero-order chi connectivity index (χ0) is 13.2. The molecule has 0 aliphatic rings. The second-order valence-corrected chi connectivity index (χ2v) is 5.26. The van der Waals surface area contributed by atoms with Crippen LogP contribution in [0.4, 0.5) is 8.78 Å². The third-order valence-corrected chi connectivity index (χ3v) is 3.61. The summed E-state index contributed by atoms with van der Waals surface area (Å²) in [5.41, 5.74) is 0. The third kappa shape index (κ3) is 2.75. The van der Waals surface area contributed by atoms with Crippen LogP contribution in [0.5, 0.6) is 5.75 Å². The molecule has 0 aliphatic heterocycles. The second-order valence-electron chi connectivity index (χ2n) is 3.52. The molecule has 2 aromatic rings. The van der Waals surface area contributed by atoms with E-state index in [4.69, 9.17) is 4.52 Å². The molecule has 94 valence electrons. The van der Waals surface area contributed by atoms with Gasteiger partial charge >= 0.3 is 7.60 Å². The van der Waals surface area contributed by atoms with Crippen LogP contribution in [0.1, 0.15) is 0 Å². The van der Waals surface area contributed by atoms with Crippen molar-refractivity contribution in [1.82, 2.24) is 0 Å². The first-order chi connectivity index (χ1) is 8.49. The summed E-state index contributed by atoms with van der Waals surface area (Å²) in [5.74, 6) is -2.39. The van der Waals surface area contributed by atoms with Gasteiger partial charge in [0.25, 0.3) is 0 Å². The zero-order valence-corrected chi connectivity index (χ0v) is 9.98. The maximum absolute atomic E-state index is 12.9. The SMILES string of the molecule is O=P(O)(Oc1ccc(F)c(F)c1)c1ccccc1. The maximum Gasteiger partial charge on any atom is 0.408 e. The van der Waals surface area contributed by atoms with Crippen LogP contribution in [0.15, 0.2) is 48.5 Å². The van der Waals surface area contributed by atoms with Gasteiger partial charge in [-0.1, -0.05) is 18.2 Å². The first-order valence-electron chi connectivity index (χ1n) is 5.02. The van der Waals surface area contributed by atoms with E-state index in [1.807, 2.05) is 0 Å². The highest BCUT2D eigenvalue weighted by Crippen LogP contribution is 2.41. The summed E-state index contributed by atoms with van der Waals surface area (Å²) < 4.78 is 42.3. The Kier molecular flexibility index (Phi) is 3.45. The van der Waals surface area contributed by atoms with Crippen molar-refractivity contribution in [3.05, 3.63) is 60.2 Å². The van der Waals surface area contributed by atoms with E-state index in [1.165, 1.54) is 12.1 Å². The molecule has 0 heterocycles. The number of rotatable bonds is 3. The molecule has 0 aliphatic carbocycles. The highest BCUT2D eigenvalue weighted by atomic mass is 31.2. The first-order valence-corrected chi connectivity index (χ1v) is 6.60. The van der Waals surface area contributed by atoms with Gasteiger partial charge in [-0.3, -0.25) is 0 Å². The third-order valence-electron chi connectivity index (χ3n) is 2.20. The summed E-state index contributed by atoms with van der Waals surface area (Å²) in [4.78, 5) is 9.72. The van der Waals surface area contributed by atoms with E-state index in [-0.39, 0.29) is 11.1 Å². The van der Waals surface area contributed by atoms with Gasteiger partial charge in [-0.2, -0.15) is 0 Å². The van der Waals surface area contributed by atoms with Crippen molar-refractivity contribution in [3.8, 4) is 5.75 Å². The fourth-order valence-electron chi connectivity index (χ4n) is 1.35. The predicted octanol–water partition coefficient (Wildman–Crippen LogP) is 2.85. The Hall–Kier alpha value is -1.71. The van der Waals surface area contributed by atoms with Crippen LogP contribution in [0.25, 0.3) is 0 Å². The number of hydrogen-bond donors (Lipinski definition) is 1. The van der Waals surface area contributed by atoms with Gasteiger partial charge in [0.2, 0.25) is 0 Å². The van der Waals surface area contributed by atoms with Crippen molar-refractivity contribution in [1.29, 1.82) is 0 Å². The minimum atomic E-state index is -4.09. The Morgan fingerprint density at radius 1 is 1.00 bits per heavy atom. The van der Waals surface area contributed by atoms with Crippen LogP contribution in [0.3, 0.4) is 0 Å². The highest BCUT2D eigenvalue weighted by Gasteiger charge is 2.24. The van der Waals surface area contributed by atoms with Crippen molar-refractivity contribution in [3.63, 3.8) is 0 Å². The summed E-state index contributed by atoms with van der Waals surface area (Å²) in [6, 6.07) is 10.3. The Balaban J connectivity index is 2.28. The number of benzene rings is 2. The zero-order valence-electron chi connectivity index (χ0n) is 9.09. The Morgan fingerprint density at radius 3 is 2.28 bits per heavy atom. The second kappa shape index (κ2) is 4.88. The highest BCUT2D eigenvalue weighted by molar-refractivity contribution is 7.61.